The predicted octanol–water partition coefficient (Wildman–Crippen LogP) is 1.98. The molecule has 2 rings (SSSR count). The maximum absolute atomic E-state index is 12.7. The standard InChI is InChI=1S/C12H12FN3/c13-11-3-5-12(6-4-11)16-9-10(8-15-16)2-1-7-14/h1-6,8-9H,7,14H2. The van der Waals surface area contributed by atoms with Gasteiger partial charge in [0.2, 0.25) is 0 Å². The van der Waals surface area contributed by atoms with Gasteiger partial charge in [-0.05, 0) is 24.3 Å². The van der Waals surface area contributed by atoms with Crippen molar-refractivity contribution in [1.29, 1.82) is 0 Å². The van der Waals surface area contributed by atoms with Gasteiger partial charge in [-0.1, -0.05) is 12.2 Å². The molecule has 1 aromatic heterocycles. The molecule has 1 heterocycles. The Bertz CT molecular complexity index is 485. The lowest BCUT2D eigenvalue weighted by Gasteiger charge is -1.99. The lowest BCUT2D eigenvalue weighted by molar-refractivity contribution is 0.627. The van der Waals surface area contributed by atoms with Gasteiger partial charge in [-0.3, -0.25) is 0 Å². The largest absolute Gasteiger partial charge is 0.327 e. The van der Waals surface area contributed by atoms with E-state index in [-0.39, 0.29) is 5.82 Å². The van der Waals surface area contributed by atoms with Crippen LogP contribution in [0.1, 0.15) is 5.56 Å². The molecule has 0 radical (unpaired) electrons. The molecule has 2 N–H and O–H groups in total. The highest BCUT2D eigenvalue weighted by atomic mass is 19.1. The third kappa shape index (κ3) is 2.35. The fourth-order valence-electron chi connectivity index (χ4n) is 1.36. The Labute approximate surface area is 93.0 Å². The molecule has 0 saturated carbocycles. The van der Waals surface area contributed by atoms with Crippen molar-refractivity contribution >= 4 is 6.08 Å². The van der Waals surface area contributed by atoms with Crippen molar-refractivity contribution in [2.75, 3.05) is 6.54 Å². The molecule has 0 spiro atoms. The van der Waals surface area contributed by atoms with Crippen molar-refractivity contribution < 1.29 is 4.39 Å². The maximum atomic E-state index is 12.7. The van der Waals surface area contributed by atoms with Gasteiger partial charge >= 0.3 is 0 Å². The smallest absolute Gasteiger partial charge is 0.123 e. The van der Waals surface area contributed by atoms with Crippen LogP contribution in [0.4, 0.5) is 4.39 Å². The van der Waals surface area contributed by atoms with Gasteiger partial charge in [0.05, 0.1) is 11.9 Å². The number of nitrogens with zero attached hydrogens (tertiary/aromatic N) is 2. The molecular weight excluding hydrogens is 205 g/mol. The predicted molar refractivity (Wildman–Crippen MR) is 61.6 cm³/mol. The highest BCUT2D eigenvalue weighted by molar-refractivity contribution is 5.48. The summed E-state index contributed by atoms with van der Waals surface area (Å²) in [7, 11) is 0. The average Bonchev–Trinajstić information content (AvgIpc) is 2.76. The van der Waals surface area contributed by atoms with E-state index in [1.165, 1.54) is 12.1 Å². The second kappa shape index (κ2) is 4.72. The Balaban J connectivity index is 2.24. The van der Waals surface area contributed by atoms with Crippen LogP contribution in [0, 0.1) is 5.82 Å². The number of nitrogens with two attached hydrogens (primary N) is 1. The second-order valence-electron chi connectivity index (χ2n) is 3.33. The summed E-state index contributed by atoms with van der Waals surface area (Å²) in [5.74, 6) is -0.251. The van der Waals surface area contributed by atoms with Crippen LogP contribution in [0.15, 0.2) is 42.7 Å². The minimum atomic E-state index is -0.251. The summed E-state index contributed by atoms with van der Waals surface area (Å²) < 4.78 is 14.4. The molecule has 0 fully saturated rings. The van der Waals surface area contributed by atoms with Crippen LogP contribution in [0.5, 0.6) is 0 Å². The molecule has 1 aromatic carbocycles. The minimum Gasteiger partial charge on any atom is -0.327 e. The van der Waals surface area contributed by atoms with E-state index >= 15 is 0 Å². The summed E-state index contributed by atoms with van der Waals surface area (Å²) >= 11 is 0. The van der Waals surface area contributed by atoms with Crippen LogP contribution in [0.2, 0.25) is 0 Å². The van der Waals surface area contributed by atoms with Crippen LogP contribution in [0.25, 0.3) is 11.8 Å². The summed E-state index contributed by atoms with van der Waals surface area (Å²) in [4.78, 5) is 0. The SMILES string of the molecule is NCC=Cc1cnn(-c2ccc(F)cc2)c1. The Morgan fingerprint density at radius 2 is 2.06 bits per heavy atom. The number of benzene rings is 1. The Kier molecular flexibility index (Phi) is 3.12. The summed E-state index contributed by atoms with van der Waals surface area (Å²) in [6.45, 7) is 0.502. The van der Waals surface area contributed by atoms with Crippen LogP contribution in [-0.2, 0) is 0 Å². The molecule has 0 saturated heterocycles. The zero-order valence-corrected chi connectivity index (χ0v) is 8.68. The Morgan fingerprint density at radius 3 is 2.75 bits per heavy atom. The van der Waals surface area contributed by atoms with Crippen molar-refractivity contribution in [2.24, 2.45) is 5.73 Å². The number of halogens is 1. The zero-order chi connectivity index (χ0) is 11.4. The minimum absolute atomic E-state index is 0.251. The van der Waals surface area contributed by atoms with Gasteiger partial charge < -0.3 is 5.73 Å². The molecule has 0 aliphatic heterocycles. The molecule has 0 amide bonds. The van der Waals surface area contributed by atoms with Crippen molar-refractivity contribution in [3.63, 3.8) is 0 Å². The van der Waals surface area contributed by atoms with E-state index in [0.29, 0.717) is 6.54 Å². The molecule has 3 nitrogen and oxygen atoms in total. The van der Waals surface area contributed by atoms with Crippen molar-refractivity contribution in [2.45, 2.75) is 0 Å². The Morgan fingerprint density at radius 1 is 1.31 bits per heavy atom. The summed E-state index contributed by atoms with van der Waals surface area (Å²) in [5, 5.41) is 4.17. The van der Waals surface area contributed by atoms with Gasteiger partial charge in [0.15, 0.2) is 0 Å². The van der Waals surface area contributed by atoms with Gasteiger partial charge in [-0.15, -0.1) is 0 Å². The molecular formula is C12H12FN3. The van der Waals surface area contributed by atoms with Crippen molar-refractivity contribution in [1.82, 2.24) is 9.78 Å². The van der Waals surface area contributed by atoms with Gasteiger partial charge in [-0.25, -0.2) is 9.07 Å². The van der Waals surface area contributed by atoms with E-state index in [9.17, 15) is 4.39 Å². The quantitative estimate of drug-likeness (QED) is 0.854. The third-order valence-corrected chi connectivity index (χ3v) is 2.14. The highest BCUT2D eigenvalue weighted by Gasteiger charge is 1.98. The normalized spacial score (nSPS) is 11.1. The topological polar surface area (TPSA) is 43.8 Å². The first-order valence-electron chi connectivity index (χ1n) is 4.97. The lowest BCUT2D eigenvalue weighted by atomic mass is 10.3. The van der Waals surface area contributed by atoms with E-state index in [2.05, 4.69) is 5.10 Å². The first-order valence-corrected chi connectivity index (χ1v) is 4.97. The average molecular weight is 217 g/mol. The molecule has 0 unspecified atom stereocenters. The second-order valence-corrected chi connectivity index (χ2v) is 3.33. The van der Waals surface area contributed by atoms with E-state index in [1.807, 2.05) is 18.3 Å². The van der Waals surface area contributed by atoms with Gasteiger partial charge in [-0.2, -0.15) is 5.10 Å². The van der Waals surface area contributed by atoms with Crippen LogP contribution >= 0.6 is 0 Å². The fourth-order valence-corrected chi connectivity index (χ4v) is 1.36. The maximum Gasteiger partial charge on any atom is 0.123 e. The summed E-state index contributed by atoms with van der Waals surface area (Å²) in [6.07, 6.45) is 7.34. The van der Waals surface area contributed by atoms with E-state index in [1.54, 1.807) is 23.0 Å². The summed E-state index contributed by atoms with van der Waals surface area (Å²) in [5.41, 5.74) is 7.15. The number of hydrogen-bond acceptors (Lipinski definition) is 2. The van der Waals surface area contributed by atoms with E-state index in [4.69, 9.17) is 5.73 Å². The van der Waals surface area contributed by atoms with Crippen molar-refractivity contribution in [3.05, 3.63) is 54.1 Å². The van der Waals surface area contributed by atoms with Crippen LogP contribution in [-0.4, -0.2) is 16.3 Å². The number of hydrogen-bond donors (Lipinski definition) is 1. The van der Waals surface area contributed by atoms with E-state index in [0.717, 1.165) is 11.3 Å². The van der Waals surface area contributed by atoms with Crippen molar-refractivity contribution in [3.8, 4) is 5.69 Å². The molecule has 82 valence electrons. The summed E-state index contributed by atoms with van der Waals surface area (Å²) in [6, 6.07) is 6.18. The molecule has 2 aromatic rings. The van der Waals surface area contributed by atoms with Crippen LogP contribution < -0.4 is 5.73 Å². The highest BCUT2D eigenvalue weighted by Crippen LogP contribution is 2.10. The first kappa shape index (κ1) is 10.6. The third-order valence-electron chi connectivity index (χ3n) is 2.14. The van der Waals surface area contributed by atoms with Gasteiger partial charge in [0.1, 0.15) is 5.82 Å². The molecule has 0 aliphatic rings. The van der Waals surface area contributed by atoms with Gasteiger partial charge in [0, 0.05) is 18.3 Å². The molecule has 0 atom stereocenters. The van der Waals surface area contributed by atoms with E-state index < -0.39 is 0 Å². The first-order chi connectivity index (χ1) is 7.79. The lowest BCUT2D eigenvalue weighted by Crippen LogP contribution is -1.93. The van der Waals surface area contributed by atoms with Gasteiger partial charge in [0.25, 0.3) is 0 Å². The number of aromatic nitrogens is 2. The molecule has 0 aliphatic carbocycles. The number of rotatable bonds is 3. The monoisotopic (exact) mass is 217 g/mol. The molecule has 4 heteroatoms. The van der Waals surface area contributed by atoms with Crippen LogP contribution in [0.3, 0.4) is 0 Å². The zero-order valence-electron chi connectivity index (χ0n) is 8.68. The fraction of sp³-hybridized carbons (Fsp3) is 0.0833. The molecule has 0 bridgehead atoms. The molecule has 16 heavy (non-hydrogen) atoms. The Hall–Kier alpha value is -1.94.